The zero-order valence-corrected chi connectivity index (χ0v) is 16.0. The van der Waals surface area contributed by atoms with Gasteiger partial charge in [0.1, 0.15) is 12.1 Å². The van der Waals surface area contributed by atoms with E-state index in [1.54, 1.807) is 34.7 Å². The highest BCUT2D eigenvalue weighted by molar-refractivity contribution is 5.95. The number of piperidine rings is 1. The van der Waals surface area contributed by atoms with Gasteiger partial charge < -0.3 is 14.6 Å². The van der Waals surface area contributed by atoms with Crippen molar-refractivity contribution in [1.29, 1.82) is 0 Å². The van der Waals surface area contributed by atoms with Crippen LogP contribution in [0.5, 0.6) is 0 Å². The topological polar surface area (TPSA) is 80.4 Å². The van der Waals surface area contributed by atoms with E-state index in [9.17, 15) is 14.0 Å². The van der Waals surface area contributed by atoms with Crippen molar-refractivity contribution in [3.63, 3.8) is 0 Å². The summed E-state index contributed by atoms with van der Waals surface area (Å²) in [6, 6.07) is 7.58. The molecular weight excluding hydrogens is 375 g/mol. The molecule has 8 heteroatoms. The second-order valence-corrected chi connectivity index (χ2v) is 7.08. The zero-order valence-electron chi connectivity index (χ0n) is 16.0. The standard InChI is InChI=1S/C21H21FN4O3/c1-14-19(12-23-26(14)18-4-2-16(22)3-5-18)20(27)24-17-6-9-25(10-7-17)21(28)15-8-11-29-13-15/h2-5,8,11-13,17H,6-7,9-10H2,1H3,(H,24,27). The van der Waals surface area contributed by atoms with Gasteiger partial charge in [-0.2, -0.15) is 5.10 Å². The first-order valence-electron chi connectivity index (χ1n) is 9.46. The molecule has 150 valence electrons. The summed E-state index contributed by atoms with van der Waals surface area (Å²) in [4.78, 5) is 26.8. The summed E-state index contributed by atoms with van der Waals surface area (Å²) in [5.41, 5.74) is 2.39. The number of nitrogens with one attached hydrogen (secondary N) is 1. The third-order valence-electron chi connectivity index (χ3n) is 5.21. The maximum Gasteiger partial charge on any atom is 0.257 e. The fourth-order valence-electron chi connectivity index (χ4n) is 3.53. The van der Waals surface area contributed by atoms with Crippen molar-refractivity contribution in [2.45, 2.75) is 25.8 Å². The predicted molar refractivity (Wildman–Crippen MR) is 103 cm³/mol. The maximum atomic E-state index is 13.1. The van der Waals surface area contributed by atoms with Crippen molar-refractivity contribution in [3.05, 3.63) is 71.7 Å². The van der Waals surface area contributed by atoms with E-state index >= 15 is 0 Å². The summed E-state index contributed by atoms with van der Waals surface area (Å²) >= 11 is 0. The Morgan fingerprint density at radius 3 is 2.55 bits per heavy atom. The van der Waals surface area contributed by atoms with Crippen LogP contribution in [0.3, 0.4) is 0 Å². The summed E-state index contributed by atoms with van der Waals surface area (Å²) in [5, 5.41) is 7.30. The first kappa shape index (κ1) is 18.9. The van der Waals surface area contributed by atoms with Gasteiger partial charge in [-0.1, -0.05) is 0 Å². The van der Waals surface area contributed by atoms with Crippen LogP contribution in [-0.4, -0.2) is 45.6 Å². The van der Waals surface area contributed by atoms with Crippen LogP contribution in [0.25, 0.3) is 5.69 Å². The largest absolute Gasteiger partial charge is 0.472 e. The average Bonchev–Trinajstić information content (AvgIpc) is 3.39. The summed E-state index contributed by atoms with van der Waals surface area (Å²) in [5.74, 6) is -0.579. The number of rotatable bonds is 4. The van der Waals surface area contributed by atoms with Crippen LogP contribution in [0, 0.1) is 12.7 Å². The quantitative estimate of drug-likeness (QED) is 0.735. The smallest absolute Gasteiger partial charge is 0.257 e. The van der Waals surface area contributed by atoms with Crippen molar-refractivity contribution < 1.29 is 18.4 Å². The molecule has 0 spiro atoms. The number of likely N-dealkylation sites (tertiary alicyclic amines) is 1. The Balaban J connectivity index is 1.37. The monoisotopic (exact) mass is 396 g/mol. The molecule has 1 aliphatic heterocycles. The number of furan rings is 1. The van der Waals surface area contributed by atoms with E-state index < -0.39 is 0 Å². The number of hydrogen-bond donors (Lipinski definition) is 1. The van der Waals surface area contributed by atoms with Crippen LogP contribution < -0.4 is 5.32 Å². The lowest BCUT2D eigenvalue weighted by Gasteiger charge is -2.32. The normalized spacial score (nSPS) is 14.8. The zero-order chi connectivity index (χ0) is 20.4. The van der Waals surface area contributed by atoms with Crippen molar-refractivity contribution in [2.75, 3.05) is 13.1 Å². The minimum Gasteiger partial charge on any atom is -0.472 e. The van der Waals surface area contributed by atoms with Gasteiger partial charge in [-0.15, -0.1) is 0 Å². The minimum atomic E-state index is -0.325. The maximum absolute atomic E-state index is 13.1. The van der Waals surface area contributed by atoms with E-state index in [4.69, 9.17) is 4.42 Å². The molecule has 1 aliphatic rings. The SMILES string of the molecule is Cc1c(C(=O)NC2CCN(C(=O)c3ccoc3)CC2)cnn1-c1ccc(F)cc1. The molecule has 0 bridgehead atoms. The van der Waals surface area contributed by atoms with Gasteiger partial charge >= 0.3 is 0 Å². The number of amides is 2. The van der Waals surface area contributed by atoms with Gasteiger partial charge in [0.05, 0.1) is 35.0 Å². The van der Waals surface area contributed by atoms with E-state index in [-0.39, 0.29) is 23.7 Å². The van der Waals surface area contributed by atoms with Crippen molar-refractivity contribution >= 4 is 11.8 Å². The highest BCUT2D eigenvalue weighted by Crippen LogP contribution is 2.17. The Bertz CT molecular complexity index is 1000. The van der Waals surface area contributed by atoms with Crippen LogP contribution in [0.4, 0.5) is 4.39 Å². The Hall–Kier alpha value is -3.42. The third kappa shape index (κ3) is 3.91. The van der Waals surface area contributed by atoms with Crippen molar-refractivity contribution in [1.82, 2.24) is 20.0 Å². The predicted octanol–water partition coefficient (Wildman–Crippen LogP) is 2.95. The van der Waals surface area contributed by atoms with Crippen molar-refractivity contribution in [2.24, 2.45) is 0 Å². The molecule has 0 atom stereocenters. The van der Waals surface area contributed by atoms with Gasteiger partial charge in [-0.3, -0.25) is 9.59 Å². The number of halogens is 1. The second kappa shape index (κ2) is 7.90. The number of aromatic nitrogens is 2. The van der Waals surface area contributed by atoms with Gasteiger partial charge in [0.25, 0.3) is 11.8 Å². The molecule has 7 nitrogen and oxygen atoms in total. The van der Waals surface area contributed by atoms with Crippen LogP contribution in [-0.2, 0) is 0 Å². The highest BCUT2D eigenvalue weighted by Gasteiger charge is 2.26. The van der Waals surface area contributed by atoms with Crippen LogP contribution in [0.15, 0.2) is 53.5 Å². The third-order valence-corrected chi connectivity index (χ3v) is 5.21. The molecule has 1 aromatic carbocycles. The number of hydrogen-bond acceptors (Lipinski definition) is 4. The lowest BCUT2D eigenvalue weighted by atomic mass is 10.0. The summed E-state index contributed by atoms with van der Waals surface area (Å²) < 4.78 is 19.7. The summed E-state index contributed by atoms with van der Waals surface area (Å²) in [7, 11) is 0. The molecule has 0 unspecified atom stereocenters. The molecule has 3 heterocycles. The van der Waals surface area contributed by atoms with Gasteiger partial charge in [-0.05, 0) is 50.1 Å². The fourth-order valence-corrected chi connectivity index (χ4v) is 3.53. The second-order valence-electron chi connectivity index (χ2n) is 7.08. The highest BCUT2D eigenvalue weighted by atomic mass is 19.1. The molecule has 1 saturated heterocycles. The molecule has 2 aromatic heterocycles. The molecule has 0 radical (unpaired) electrons. The van der Waals surface area contributed by atoms with Gasteiger partial charge in [0.2, 0.25) is 0 Å². The van der Waals surface area contributed by atoms with E-state index in [2.05, 4.69) is 10.4 Å². The molecule has 1 N–H and O–H groups in total. The molecule has 3 aromatic rings. The first-order chi connectivity index (χ1) is 14.0. The molecule has 4 rings (SSSR count). The van der Waals surface area contributed by atoms with Crippen LogP contribution in [0.1, 0.15) is 39.3 Å². The molecule has 0 aliphatic carbocycles. The van der Waals surface area contributed by atoms with Gasteiger partial charge in [-0.25, -0.2) is 9.07 Å². The molecule has 29 heavy (non-hydrogen) atoms. The van der Waals surface area contributed by atoms with Gasteiger partial charge in [0.15, 0.2) is 0 Å². The molecule has 0 saturated carbocycles. The van der Waals surface area contributed by atoms with E-state index in [0.29, 0.717) is 48.4 Å². The Labute approximate surface area is 167 Å². The molecule has 1 fully saturated rings. The summed E-state index contributed by atoms with van der Waals surface area (Å²) in [6.45, 7) is 2.95. The van der Waals surface area contributed by atoms with Crippen molar-refractivity contribution in [3.8, 4) is 5.69 Å². The lowest BCUT2D eigenvalue weighted by molar-refractivity contribution is 0.0697. The van der Waals surface area contributed by atoms with Gasteiger partial charge in [0, 0.05) is 19.1 Å². The van der Waals surface area contributed by atoms with Crippen LogP contribution >= 0.6 is 0 Å². The Morgan fingerprint density at radius 1 is 1.17 bits per heavy atom. The van der Waals surface area contributed by atoms with E-state index in [1.807, 2.05) is 0 Å². The Kier molecular flexibility index (Phi) is 5.16. The number of nitrogens with zero attached hydrogens (tertiary/aromatic N) is 3. The van der Waals surface area contributed by atoms with E-state index in [1.165, 1.54) is 30.9 Å². The molecular formula is C21H21FN4O3. The number of carbonyl (C=O) groups is 2. The van der Waals surface area contributed by atoms with Crippen LogP contribution in [0.2, 0.25) is 0 Å². The van der Waals surface area contributed by atoms with E-state index in [0.717, 1.165) is 0 Å². The lowest BCUT2D eigenvalue weighted by Crippen LogP contribution is -2.46. The summed E-state index contributed by atoms with van der Waals surface area (Å²) in [6.07, 6.45) is 5.80. The average molecular weight is 396 g/mol. The first-order valence-corrected chi connectivity index (χ1v) is 9.46. The Morgan fingerprint density at radius 2 is 1.90 bits per heavy atom. The number of carbonyl (C=O) groups excluding carboxylic acids is 2. The molecule has 2 amide bonds. The fraction of sp³-hybridized carbons (Fsp3) is 0.286. The number of benzene rings is 1. The minimum absolute atomic E-state index is 0.00975.